The van der Waals surface area contributed by atoms with Gasteiger partial charge in [0.15, 0.2) is 0 Å². The Morgan fingerprint density at radius 1 is 1.20 bits per heavy atom. The predicted molar refractivity (Wildman–Crippen MR) is 118 cm³/mol. The monoisotopic (exact) mass is 413 g/mol. The van der Waals surface area contributed by atoms with Crippen molar-refractivity contribution in [2.45, 2.75) is 45.8 Å². The molecule has 0 bridgehead atoms. The van der Waals surface area contributed by atoms with Crippen LogP contribution in [0.5, 0.6) is 0 Å². The number of aryl methyl sites for hydroxylation is 2. The number of nitrogens with zero attached hydrogens (tertiary/aromatic N) is 3. The van der Waals surface area contributed by atoms with Crippen molar-refractivity contribution < 1.29 is 15.0 Å². The average molecular weight is 414 g/mol. The maximum absolute atomic E-state index is 11.9. The number of rotatable bonds is 8. The van der Waals surface area contributed by atoms with Gasteiger partial charge in [-0.1, -0.05) is 36.4 Å². The molecule has 1 atom stereocenters. The molecule has 162 valence electrons. The molecule has 0 aliphatic carbocycles. The summed E-state index contributed by atoms with van der Waals surface area (Å²) in [5, 5.41) is 28.9. The molecular weight excluding hydrogens is 382 g/mol. The van der Waals surface area contributed by atoms with E-state index in [9.17, 15) is 9.90 Å². The molecule has 0 radical (unpaired) electrons. The fourth-order valence-electron chi connectivity index (χ4n) is 2.86. The highest BCUT2D eigenvalue weighted by Gasteiger charge is 2.13. The summed E-state index contributed by atoms with van der Waals surface area (Å²) in [5.41, 5.74) is 1.74. The third kappa shape index (κ3) is 7.46. The highest BCUT2D eigenvalue weighted by molar-refractivity contribution is 5.91. The summed E-state index contributed by atoms with van der Waals surface area (Å²) >= 11 is 0. The van der Waals surface area contributed by atoms with Crippen LogP contribution in [-0.2, 0) is 13.0 Å². The van der Waals surface area contributed by atoms with Crippen LogP contribution < -0.4 is 10.6 Å². The lowest BCUT2D eigenvalue weighted by Gasteiger charge is -2.11. The number of anilines is 1. The topological polar surface area (TPSA) is 112 Å². The molecule has 8 heteroatoms. The van der Waals surface area contributed by atoms with Crippen LogP contribution in [0.4, 0.5) is 10.6 Å². The number of aromatic nitrogens is 3. The van der Waals surface area contributed by atoms with Crippen molar-refractivity contribution in [3.05, 3.63) is 54.4 Å². The van der Waals surface area contributed by atoms with Gasteiger partial charge in [-0.25, -0.2) is 9.78 Å². The molecule has 8 nitrogen and oxygen atoms in total. The van der Waals surface area contributed by atoms with Gasteiger partial charge in [0.2, 0.25) is 0 Å². The van der Waals surface area contributed by atoms with Crippen LogP contribution in [0.3, 0.4) is 0 Å². The summed E-state index contributed by atoms with van der Waals surface area (Å²) in [6, 6.07) is 13.4. The number of hydrogen-bond acceptors (Lipinski definition) is 5. The van der Waals surface area contributed by atoms with Crippen LogP contribution in [0.1, 0.15) is 32.4 Å². The lowest BCUT2D eigenvalue weighted by atomic mass is 10.1. The van der Waals surface area contributed by atoms with Crippen LogP contribution in [-0.4, -0.2) is 50.3 Å². The quantitative estimate of drug-likeness (QED) is 0.454. The first-order chi connectivity index (χ1) is 14.5. The molecular formula is C22H31N5O3. The summed E-state index contributed by atoms with van der Waals surface area (Å²) in [4.78, 5) is 16.4. The number of nitrogens with one attached hydrogen (secondary N) is 2. The molecule has 3 rings (SSSR count). The second-order valence-corrected chi connectivity index (χ2v) is 6.85. The lowest BCUT2D eigenvalue weighted by molar-refractivity contribution is 0.184. The number of benzene rings is 1. The third-order valence-corrected chi connectivity index (χ3v) is 4.32. The minimum atomic E-state index is -0.454. The van der Waals surface area contributed by atoms with Gasteiger partial charge in [-0.3, -0.25) is 10.00 Å². The van der Waals surface area contributed by atoms with E-state index in [0.29, 0.717) is 31.6 Å². The van der Waals surface area contributed by atoms with Crippen LogP contribution in [0, 0.1) is 0 Å². The first kappa shape index (κ1) is 23.3. The van der Waals surface area contributed by atoms with Crippen LogP contribution in [0.2, 0.25) is 0 Å². The highest BCUT2D eigenvalue weighted by Crippen LogP contribution is 2.22. The molecule has 1 aromatic carbocycles. The number of carbonyl (C=O) groups excluding carboxylic acids is 1. The first-order valence-electron chi connectivity index (χ1n) is 10.2. The Hall–Kier alpha value is -2.97. The second-order valence-electron chi connectivity index (χ2n) is 6.85. The molecule has 0 spiro atoms. The molecule has 2 amide bonds. The number of fused-ring (bicyclic) bond motifs is 1. The number of amides is 2. The largest absolute Gasteiger partial charge is 0.396 e. The van der Waals surface area contributed by atoms with Gasteiger partial charge in [-0.2, -0.15) is 5.10 Å². The summed E-state index contributed by atoms with van der Waals surface area (Å²) < 4.78 is 1.86. The Kier molecular flexibility index (Phi) is 9.76. The number of pyridine rings is 1. The molecule has 30 heavy (non-hydrogen) atoms. The predicted octanol–water partition coefficient (Wildman–Crippen LogP) is 2.96. The zero-order valence-electron chi connectivity index (χ0n) is 17.6. The number of urea groups is 1. The van der Waals surface area contributed by atoms with Gasteiger partial charge in [0, 0.05) is 25.1 Å². The molecule has 0 saturated carbocycles. The molecule has 3 aromatic rings. The van der Waals surface area contributed by atoms with E-state index in [0.717, 1.165) is 23.1 Å². The summed E-state index contributed by atoms with van der Waals surface area (Å²) in [7, 11) is 0. The number of hydrogen-bond donors (Lipinski definition) is 4. The summed E-state index contributed by atoms with van der Waals surface area (Å²) in [5.74, 6) is 0.445. The van der Waals surface area contributed by atoms with E-state index in [1.807, 2.05) is 48.0 Å². The van der Waals surface area contributed by atoms with E-state index >= 15 is 0 Å². The van der Waals surface area contributed by atoms with Crippen molar-refractivity contribution in [3.8, 4) is 0 Å². The van der Waals surface area contributed by atoms with Crippen LogP contribution in [0.15, 0.2) is 48.7 Å². The smallest absolute Gasteiger partial charge is 0.320 e. The molecule has 2 heterocycles. The van der Waals surface area contributed by atoms with E-state index in [2.05, 4.69) is 20.7 Å². The van der Waals surface area contributed by atoms with E-state index in [4.69, 9.17) is 5.11 Å². The van der Waals surface area contributed by atoms with E-state index in [-0.39, 0.29) is 12.6 Å². The van der Waals surface area contributed by atoms with Gasteiger partial charge in [0.1, 0.15) is 5.82 Å². The molecule has 0 aliphatic heterocycles. The SMILES string of the molecule is CCn1ncc2cc(NC(=O)NCCC(C)O)nc(CCCO)c21.c1ccccc1. The highest BCUT2D eigenvalue weighted by atomic mass is 16.3. The summed E-state index contributed by atoms with van der Waals surface area (Å²) in [6.45, 7) is 4.87. The number of carbonyl (C=O) groups is 1. The number of aliphatic hydroxyl groups excluding tert-OH is 2. The van der Waals surface area contributed by atoms with Crippen LogP contribution >= 0.6 is 0 Å². The van der Waals surface area contributed by atoms with Crippen molar-refractivity contribution in [3.63, 3.8) is 0 Å². The van der Waals surface area contributed by atoms with Crippen molar-refractivity contribution in [1.29, 1.82) is 0 Å². The van der Waals surface area contributed by atoms with Crippen molar-refractivity contribution >= 4 is 22.8 Å². The average Bonchev–Trinajstić information content (AvgIpc) is 3.16. The van der Waals surface area contributed by atoms with E-state index < -0.39 is 6.10 Å². The first-order valence-corrected chi connectivity index (χ1v) is 10.2. The van der Waals surface area contributed by atoms with Gasteiger partial charge in [0.05, 0.1) is 23.5 Å². The molecule has 0 fully saturated rings. The fraction of sp³-hybridized carbons (Fsp3) is 0.409. The molecule has 0 aliphatic rings. The zero-order chi connectivity index (χ0) is 21.8. The molecule has 2 aromatic heterocycles. The Bertz CT molecular complexity index is 870. The summed E-state index contributed by atoms with van der Waals surface area (Å²) in [6.07, 6.45) is 2.99. The maximum Gasteiger partial charge on any atom is 0.320 e. The molecule has 4 N–H and O–H groups in total. The minimum Gasteiger partial charge on any atom is -0.396 e. The fourth-order valence-corrected chi connectivity index (χ4v) is 2.86. The standard InChI is InChI=1S/C16H25N5O3.C6H6/c1-3-21-15-12(10-18-21)9-14(19-13(15)5-4-8-22)20-16(24)17-7-6-11(2)23;1-2-4-6-5-3-1/h9-11,22-23H,3-8H2,1-2H3,(H2,17,19,20,24);1-6H. The van der Waals surface area contributed by atoms with Crippen molar-refractivity contribution in [1.82, 2.24) is 20.1 Å². The van der Waals surface area contributed by atoms with Crippen LogP contribution in [0.25, 0.3) is 10.9 Å². The Labute approximate surface area is 177 Å². The maximum atomic E-state index is 11.9. The van der Waals surface area contributed by atoms with Gasteiger partial charge >= 0.3 is 6.03 Å². The van der Waals surface area contributed by atoms with E-state index in [1.54, 1.807) is 19.2 Å². The second kappa shape index (κ2) is 12.6. The minimum absolute atomic E-state index is 0.0842. The molecule has 1 unspecified atom stereocenters. The Balaban J connectivity index is 0.000000456. The van der Waals surface area contributed by atoms with Crippen molar-refractivity contribution in [2.24, 2.45) is 0 Å². The van der Waals surface area contributed by atoms with Crippen molar-refractivity contribution in [2.75, 3.05) is 18.5 Å². The van der Waals surface area contributed by atoms with Gasteiger partial charge in [-0.05, 0) is 39.2 Å². The lowest BCUT2D eigenvalue weighted by Crippen LogP contribution is -2.31. The normalized spacial score (nSPS) is 11.5. The Morgan fingerprint density at radius 2 is 1.87 bits per heavy atom. The zero-order valence-corrected chi connectivity index (χ0v) is 17.6. The number of aliphatic hydroxyl groups is 2. The Morgan fingerprint density at radius 3 is 2.43 bits per heavy atom. The van der Waals surface area contributed by atoms with Gasteiger partial charge < -0.3 is 15.5 Å². The van der Waals surface area contributed by atoms with E-state index in [1.165, 1.54) is 0 Å². The van der Waals surface area contributed by atoms with Gasteiger partial charge in [-0.15, -0.1) is 0 Å². The van der Waals surface area contributed by atoms with Gasteiger partial charge in [0.25, 0.3) is 0 Å². The third-order valence-electron chi connectivity index (χ3n) is 4.32. The molecule has 0 saturated heterocycles.